The van der Waals surface area contributed by atoms with Crippen molar-refractivity contribution in [1.82, 2.24) is 19.8 Å². The molecule has 29 heavy (non-hydrogen) atoms. The predicted octanol–water partition coefficient (Wildman–Crippen LogP) is 3.22. The molecule has 0 atom stereocenters. The van der Waals surface area contributed by atoms with E-state index in [0.717, 1.165) is 23.7 Å². The Balaban J connectivity index is 1.32. The molecule has 1 fully saturated rings. The van der Waals surface area contributed by atoms with E-state index < -0.39 is 0 Å². The fraction of sp³-hybridized carbons (Fsp3) is 0.286. The third kappa shape index (κ3) is 4.22. The number of rotatable bonds is 5. The topological polar surface area (TPSA) is 80.4 Å². The molecule has 0 unspecified atom stereocenters. The van der Waals surface area contributed by atoms with Gasteiger partial charge in [-0.25, -0.2) is 4.98 Å². The summed E-state index contributed by atoms with van der Waals surface area (Å²) < 4.78 is 6.97. The first-order chi connectivity index (χ1) is 14.2. The highest BCUT2D eigenvalue weighted by atomic mass is 32.2. The lowest BCUT2D eigenvalue weighted by molar-refractivity contribution is 0.0697. The van der Waals surface area contributed by atoms with Crippen molar-refractivity contribution >= 4 is 23.6 Å². The number of carbonyl (C=O) groups excluding carboxylic acids is 2. The Bertz CT molecular complexity index is 974. The van der Waals surface area contributed by atoms with E-state index in [9.17, 15) is 9.59 Å². The Labute approximate surface area is 173 Å². The van der Waals surface area contributed by atoms with Crippen LogP contribution in [0.15, 0.2) is 64.8 Å². The lowest BCUT2D eigenvalue weighted by Gasteiger charge is -2.32. The maximum Gasteiger partial charge on any atom is 0.257 e. The molecule has 150 valence electrons. The Hall–Kier alpha value is -3.00. The minimum atomic E-state index is -0.0908. The van der Waals surface area contributed by atoms with Gasteiger partial charge in [-0.1, -0.05) is 11.8 Å². The molecule has 3 heterocycles. The highest BCUT2D eigenvalue weighted by Gasteiger charge is 2.25. The number of nitrogens with one attached hydrogen (secondary N) is 1. The van der Waals surface area contributed by atoms with Crippen molar-refractivity contribution < 1.29 is 14.0 Å². The molecule has 1 saturated heterocycles. The number of hydrogen-bond donors (Lipinski definition) is 1. The normalized spacial score (nSPS) is 14.7. The van der Waals surface area contributed by atoms with Crippen LogP contribution in [0.25, 0.3) is 5.69 Å². The van der Waals surface area contributed by atoms with Crippen LogP contribution in [0, 0.1) is 0 Å². The zero-order chi connectivity index (χ0) is 20.2. The Morgan fingerprint density at radius 1 is 1.14 bits per heavy atom. The second kappa shape index (κ2) is 8.57. The van der Waals surface area contributed by atoms with Gasteiger partial charge in [-0.05, 0) is 49.4 Å². The molecule has 0 saturated carbocycles. The van der Waals surface area contributed by atoms with Gasteiger partial charge in [0.25, 0.3) is 11.8 Å². The first-order valence-corrected chi connectivity index (χ1v) is 10.7. The van der Waals surface area contributed by atoms with Crippen LogP contribution in [-0.2, 0) is 0 Å². The monoisotopic (exact) mass is 410 g/mol. The fourth-order valence-corrected chi connectivity index (χ4v) is 4.00. The number of piperidine rings is 1. The van der Waals surface area contributed by atoms with Crippen LogP contribution in [-0.4, -0.2) is 51.7 Å². The molecule has 3 aromatic rings. The number of nitrogens with zero attached hydrogens (tertiary/aromatic N) is 3. The molecular formula is C21H22N4O3S. The summed E-state index contributed by atoms with van der Waals surface area (Å²) in [6.45, 7) is 1.23. The van der Waals surface area contributed by atoms with Gasteiger partial charge in [0.1, 0.15) is 6.26 Å². The molecule has 2 aromatic heterocycles. The van der Waals surface area contributed by atoms with Crippen LogP contribution in [0.3, 0.4) is 0 Å². The van der Waals surface area contributed by atoms with Gasteiger partial charge < -0.3 is 14.6 Å². The van der Waals surface area contributed by atoms with Crippen molar-refractivity contribution in [3.63, 3.8) is 0 Å². The van der Waals surface area contributed by atoms with E-state index in [1.165, 1.54) is 12.5 Å². The molecule has 1 aromatic carbocycles. The quantitative estimate of drug-likeness (QED) is 0.653. The summed E-state index contributed by atoms with van der Waals surface area (Å²) in [5, 5.41) is 3.99. The minimum Gasteiger partial charge on any atom is -0.472 e. The molecule has 1 aliphatic heterocycles. The van der Waals surface area contributed by atoms with Crippen LogP contribution in [0.5, 0.6) is 0 Å². The van der Waals surface area contributed by atoms with Gasteiger partial charge >= 0.3 is 0 Å². The molecule has 4 rings (SSSR count). The van der Waals surface area contributed by atoms with Gasteiger partial charge in [-0.2, -0.15) is 0 Å². The number of likely N-dealkylation sites (tertiary alicyclic amines) is 1. The van der Waals surface area contributed by atoms with Crippen molar-refractivity contribution in [2.24, 2.45) is 0 Å². The second-order valence-electron chi connectivity index (χ2n) is 6.88. The average Bonchev–Trinajstić information content (AvgIpc) is 3.46. The number of carbonyl (C=O) groups is 2. The van der Waals surface area contributed by atoms with E-state index in [1.54, 1.807) is 28.9 Å². The lowest BCUT2D eigenvalue weighted by atomic mass is 10.0. The van der Waals surface area contributed by atoms with Crippen molar-refractivity contribution in [2.45, 2.75) is 24.0 Å². The summed E-state index contributed by atoms with van der Waals surface area (Å²) in [7, 11) is 0. The first-order valence-electron chi connectivity index (χ1n) is 9.46. The van der Waals surface area contributed by atoms with Crippen molar-refractivity contribution in [2.75, 3.05) is 19.3 Å². The number of furan rings is 1. The van der Waals surface area contributed by atoms with Crippen LogP contribution in [0.1, 0.15) is 33.6 Å². The van der Waals surface area contributed by atoms with E-state index >= 15 is 0 Å². The third-order valence-electron chi connectivity index (χ3n) is 5.08. The van der Waals surface area contributed by atoms with E-state index in [2.05, 4.69) is 10.3 Å². The molecule has 8 heteroatoms. The molecule has 0 aliphatic carbocycles. The van der Waals surface area contributed by atoms with Crippen molar-refractivity contribution in [3.05, 3.63) is 66.4 Å². The number of hydrogen-bond acceptors (Lipinski definition) is 5. The van der Waals surface area contributed by atoms with Crippen LogP contribution in [0.2, 0.25) is 0 Å². The smallest absolute Gasteiger partial charge is 0.257 e. The average molecular weight is 410 g/mol. The number of benzene rings is 1. The van der Waals surface area contributed by atoms with Gasteiger partial charge in [0, 0.05) is 42.8 Å². The van der Waals surface area contributed by atoms with Gasteiger partial charge in [-0.15, -0.1) is 0 Å². The first kappa shape index (κ1) is 19.3. The highest BCUT2D eigenvalue weighted by molar-refractivity contribution is 7.98. The molecule has 0 radical (unpaired) electrons. The van der Waals surface area contributed by atoms with Crippen molar-refractivity contribution in [1.29, 1.82) is 0 Å². The summed E-state index contributed by atoms with van der Waals surface area (Å²) in [5.74, 6) is -0.116. The highest BCUT2D eigenvalue weighted by Crippen LogP contribution is 2.19. The maximum atomic E-state index is 12.6. The lowest BCUT2D eigenvalue weighted by Crippen LogP contribution is -2.46. The standard InChI is InChI=1S/C21H22N4O3S/c1-29-21-22-9-12-25(21)18-4-2-15(3-5-18)19(26)23-17-6-10-24(11-7-17)20(27)16-8-13-28-14-16/h2-5,8-9,12-14,17H,6-7,10-11H2,1H3,(H,23,26). The third-order valence-corrected chi connectivity index (χ3v) is 5.75. The van der Waals surface area contributed by atoms with E-state index in [0.29, 0.717) is 24.2 Å². The number of thioether (sulfide) groups is 1. The number of imidazole rings is 1. The predicted molar refractivity (Wildman–Crippen MR) is 110 cm³/mol. The largest absolute Gasteiger partial charge is 0.472 e. The minimum absolute atomic E-state index is 0.0248. The molecule has 1 N–H and O–H groups in total. The Morgan fingerprint density at radius 2 is 1.90 bits per heavy atom. The van der Waals surface area contributed by atoms with E-state index in [-0.39, 0.29) is 17.9 Å². The zero-order valence-corrected chi connectivity index (χ0v) is 16.9. The molecular weight excluding hydrogens is 388 g/mol. The van der Waals surface area contributed by atoms with Gasteiger partial charge in [0.15, 0.2) is 5.16 Å². The van der Waals surface area contributed by atoms with Crippen molar-refractivity contribution in [3.8, 4) is 5.69 Å². The summed E-state index contributed by atoms with van der Waals surface area (Å²) >= 11 is 1.57. The summed E-state index contributed by atoms with van der Waals surface area (Å²) in [6.07, 6.45) is 10.1. The summed E-state index contributed by atoms with van der Waals surface area (Å²) in [4.78, 5) is 31.1. The van der Waals surface area contributed by atoms with E-state index in [1.807, 2.05) is 41.3 Å². The Kier molecular flexibility index (Phi) is 5.71. The Morgan fingerprint density at radius 3 is 2.55 bits per heavy atom. The molecule has 0 bridgehead atoms. The molecule has 2 amide bonds. The summed E-state index contributed by atoms with van der Waals surface area (Å²) in [6, 6.07) is 9.22. The SMILES string of the molecule is CSc1nccn1-c1ccc(C(=O)NC2CCN(C(=O)c3ccoc3)CC2)cc1. The fourth-order valence-electron chi connectivity index (χ4n) is 3.48. The molecule has 7 nitrogen and oxygen atoms in total. The number of amides is 2. The van der Waals surface area contributed by atoms with E-state index in [4.69, 9.17) is 4.42 Å². The molecule has 0 spiro atoms. The maximum absolute atomic E-state index is 12.6. The van der Waals surface area contributed by atoms with Gasteiger partial charge in [0.05, 0.1) is 11.8 Å². The van der Waals surface area contributed by atoms with Gasteiger partial charge in [-0.3, -0.25) is 14.2 Å². The van der Waals surface area contributed by atoms with Crippen LogP contribution >= 0.6 is 11.8 Å². The van der Waals surface area contributed by atoms with Gasteiger partial charge in [0.2, 0.25) is 0 Å². The second-order valence-corrected chi connectivity index (χ2v) is 7.66. The zero-order valence-electron chi connectivity index (χ0n) is 16.1. The van der Waals surface area contributed by atoms with Crippen LogP contribution < -0.4 is 5.32 Å². The van der Waals surface area contributed by atoms with Crippen LogP contribution in [0.4, 0.5) is 0 Å². The number of aromatic nitrogens is 2. The molecule has 1 aliphatic rings. The summed E-state index contributed by atoms with van der Waals surface area (Å²) in [5.41, 5.74) is 2.15.